The first-order valence-corrected chi connectivity index (χ1v) is 5.92. The molecule has 0 saturated heterocycles. The molecule has 1 aromatic carbocycles. The molecule has 0 aromatic heterocycles. The first kappa shape index (κ1) is 12.1. The minimum absolute atomic E-state index is 0.452. The van der Waals surface area contributed by atoms with Crippen LogP contribution in [-0.4, -0.2) is 26.8 Å². The average molecular weight is 229 g/mol. The summed E-state index contributed by atoms with van der Waals surface area (Å²) in [5, 5.41) is 0. The SMILES string of the molecule is CN(C)S(=O)(=O)NNCc1ccccc1. The van der Waals surface area contributed by atoms with E-state index in [4.69, 9.17) is 0 Å². The first-order valence-electron chi connectivity index (χ1n) is 4.48. The highest BCUT2D eigenvalue weighted by atomic mass is 32.2. The molecule has 0 aliphatic heterocycles. The Kier molecular flexibility index (Phi) is 4.22. The number of benzene rings is 1. The van der Waals surface area contributed by atoms with Crippen LogP contribution < -0.4 is 10.3 Å². The van der Waals surface area contributed by atoms with E-state index < -0.39 is 10.2 Å². The van der Waals surface area contributed by atoms with Gasteiger partial charge in [-0.05, 0) is 5.56 Å². The Bertz CT molecular complexity index is 389. The molecule has 0 saturated carbocycles. The number of rotatable bonds is 5. The van der Waals surface area contributed by atoms with Crippen LogP contribution >= 0.6 is 0 Å². The molecule has 0 radical (unpaired) electrons. The maximum atomic E-state index is 11.3. The Morgan fingerprint density at radius 3 is 2.33 bits per heavy atom. The minimum atomic E-state index is -3.40. The van der Waals surface area contributed by atoms with Crippen molar-refractivity contribution in [1.82, 2.24) is 14.6 Å². The van der Waals surface area contributed by atoms with Gasteiger partial charge in [-0.1, -0.05) is 30.3 Å². The van der Waals surface area contributed by atoms with Crippen molar-refractivity contribution in [3.63, 3.8) is 0 Å². The van der Waals surface area contributed by atoms with E-state index >= 15 is 0 Å². The van der Waals surface area contributed by atoms with Crippen LogP contribution in [0, 0.1) is 0 Å². The zero-order chi connectivity index (χ0) is 11.3. The van der Waals surface area contributed by atoms with Gasteiger partial charge in [0, 0.05) is 20.6 Å². The van der Waals surface area contributed by atoms with Crippen LogP contribution in [0.1, 0.15) is 5.56 Å². The molecule has 0 bridgehead atoms. The van der Waals surface area contributed by atoms with Gasteiger partial charge in [0.05, 0.1) is 0 Å². The molecule has 0 atom stereocenters. The van der Waals surface area contributed by atoms with Crippen molar-refractivity contribution >= 4 is 10.2 Å². The van der Waals surface area contributed by atoms with E-state index in [2.05, 4.69) is 10.3 Å². The van der Waals surface area contributed by atoms with Crippen LogP contribution in [0.25, 0.3) is 0 Å². The summed E-state index contributed by atoms with van der Waals surface area (Å²) in [6, 6.07) is 9.54. The van der Waals surface area contributed by atoms with Crippen molar-refractivity contribution in [2.45, 2.75) is 6.54 Å². The molecule has 2 N–H and O–H groups in total. The summed E-state index contributed by atoms with van der Waals surface area (Å²) >= 11 is 0. The van der Waals surface area contributed by atoms with E-state index in [1.807, 2.05) is 30.3 Å². The molecule has 0 aliphatic carbocycles. The van der Waals surface area contributed by atoms with Crippen LogP contribution in [0.3, 0.4) is 0 Å². The molecule has 0 spiro atoms. The molecule has 1 rings (SSSR count). The smallest absolute Gasteiger partial charge is 0.239 e. The van der Waals surface area contributed by atoms with E-state index in [-0.39, 0.29) is 0 Å². The Morgan fingerprint density at radius 1 is 1.20 bits per heavy atom. The van der Waals surface area contributed by atoms with Gasteiger partial charge in [-0.2, -0.15) is 12.7 Å². The van der Waals surface area contributed by atoms with Crippen LogP contribution in [0.5, 0.6) is 0 Å². The summed E-state index contributed by atoms with van der Waals surface area (Å²) in [7, 11) is -0.466. The fourth-order valence-electron chi connectivity index (χ4n) is 0.916. The van der Waals surface area contributed by atoms with Gasteiger partial charge in [-0.25, -0.2) is 5.43 Å². The zero-order valence-corrected chi connectivity index (χ0v) is 9.58. The van der Waals surface area contributed by atoms with Crippen molar-refractivity contribution in [1.29, 1.82) is 0 Å². The Hall–Kier alpha value is -0.950. The van der Waals surface area contributed by atoms with E-state index in [1.54, 1.807) is 0 Å². The molecule has 0 fully saturated rings. The Balaban J connectivity index is 2.41. The molecule has 6 heteroatoms. The number of hydrogen-bond donors (Lipinski definition) is 2. The summed E-state index contributed by atoms with van der Waals surface area (Å²) in [5.41, 5.74) is 3.66. The second-order valence-electron chi connectivity index (χ2n) is 3.23. The zero-order valence-electron chi connectivity index (χ0n) is 8.77. The summed E-state index contributed by atoms with van der Waals surface area (Å²) in [4.78, 5) is 2.26. The lowest BCUT2D eigenvalue weighted by Crippen LogP contribution is -2.43. The lowest BCUT2D eigenvalue weighted by atomic mass is 10.2. The third-order valence-corrected chi connectivity index (χ3v) is 3.18. The van der Waals surface area contributed by atoms with Gasteiger partial charge in [0.1, 0.15) is 0 Å². The van der Waals surface area contributed by atoms with Crippen LogP contribution in [0.15, 0.2) is 30.3 Å². The Morgan fingerprint density at radius 2 is 1.80 bits per heavy atom. The molecular weight excluding hydrogens is 214 g/mol. The molecule has 0 unspecified atom stereocenters. The maximum absolute atomic E-state index is 11.3. The fraction of sp³-hybridized carbons (Fsp3) is 0.333. The second-order valence-corrected chi connectivity index (χ2v) is 5.11. The van der Waals surface area contributed by atoms with Crippen LogP contribution in [0.4, 0.5) is 0 Å². The van der Waals surface area contributed by atoms with Crippen LogP contribution in [0.2, 0.25) is 0 Å². The second kappa shape index (κ2) is 5.22. The topological polar surface area (TPSA) is 61.4 Å². The third-order valence-electron chi connectivity index (χ3n) is 1.82. The largest absolute Gasteiger partial charge is 0.291 e. The van der Waals surface area contributed by atoms with Gasteiger partial charge < -0.3 is 0 Å². The predicted molar refractivity (Wildman–Crippen MR) is 59.0 cm³/mol. The number of nitrogens with zero attached hydrogens (tertiary/aromatic N) is 1. The molecule has 5 nitrogen and oxygen atoms in total. The quantitative estimate of drug-likeness (QED) is 0.703. The van der Waals surface area contributed by atoms with Crippen molar-refractivity contribution in [2.75, 3.05) is 14.1 Å². The standard InChI is InChI=1S/C9H15N3O2S/c1-12(2)15(13,14)11-10-8-9-6-4-3-5-7-9/h3-7,10-11H,8H2,1-2H3. The van der Waals surface area contributed by atoms with Gasteiger partial charge >= 0.3 is 0 Å². The number of hydrazine groups is 1. The predicted octanol–water partition coefficient (Wildman–Crippen LogP) is 0.0872. The van der Waals surface area contributed by atoms with Crippen molar-refractivity contribution in [2.24, 2.45) is 0 Å². The minimum Gasteiger partial charge on any atom is -0.239 e. The molecule has 0 aliphatic rings. The summed E-state index contributed by atoms with van der Waals surface area (Å²) < 4.78 is 23.6. The van der Waals surface area contributed by atoms with Gasteiger partial charge in [0.15, 0.2) is 0 Å². The molecule has 84 valence electrons. The normalized spacial score (nSPS) is 11.9. The summed E-state index contributed by atoms with van der Waals surface area (Å²) in [6.07, 6.45) is 0. The summed E-state index contributed by atoms with van der Waals surface area (Å²) in [6.45, 7) is 0.452. The highest BCUT2D eigenvalue weighted by molar-refractivity contribution is 7.87. The first-order chi connectivity index (χ1) is 7.02. The molecule has 0 amide bonds. The number of hydrogen-bond acceptors (Lipinski definition) is 3. The van der Waals surface area contributed by atoms with Crippen molar-refractivity contribution < 1.29 is 8.42 Å². The highest BCUT2D eigenvalue weighted by Crippen LogP contribution is 1.96. The highest BCUT2D eigenvalue weighted by Gasteiger charge is 2.10. The van der Waals surface area contributed by atoms with Crippen LogP contribution in [-0.2, 0) is 16.8 Å². The third kappa shape index (κ3) is 3.96. The number of nitrogens with one attached hydrogen (secondary N) is 2. The summed E-state index contributed by atoms with van der Waals surface area (Å²) in [5.74, 6) is 0. The van der Waals surface area contributed by atoms with Crippen molar-refractivity contribution in [3.8, 4) is 0 Å². The molecular formula is C9H15N3O2S. The van der Waals surface area contributed by atoms with E-state index in [1.165, 1.54) is 14.1 Å². The van der Waals surface area contributed by atoms with E-state index in [0.29, 0.717) is 6.54 Å². The van der Waals surface area contributed by atoms with Gasteiger partial charge in [0.2, 0.25) is 0 Å². The molecule has 0 heterocycles. The average Bonchev–Trinajstić information content (AvgIpc) is 2.19. The lowest BCUT2D eigenvalue weighted by Gasteiger charge is -2.12. The maximum Gasteiger partial charge on any atom is 0.291 e. The molecule has 1 aromatic rings. The van der Waals surface area contributed by atoms with E-state index in [0.717, 1.165) is 9.87 Å². The lowest BCUT2D eigenvalue weighted by molar-refractivity contribution is 0.487. The van der Waals surface area contributed by atoms with Gasteiger partial charge in [0.25, 0.3) is 10.2 Å². The fourth-order valence-corrected chi connectivity index (χ4v) is 1.35. The van der Waals surface area contributed by atoms with Crippen molar-refractivity contribution in [3.05, 3.63) is 35.9 Å². The van der Waals surface area contributed by atoms with Gasteiger partial charge in [-0.15, -0.1) is 4.83 Å². The Labute approximate surface area is 90.3 Å². The monoisotopic (exact) mass is 229 g/mol. The van der Waals surface area contributed by atoms with Gasteiger partial charge in [-0.3, -0.25) is 0 Å². The van der Waals surface area contributed by atoms with E-state index in [9.17, 15) is 8.42 Å². The molecule has 15 heavy (non-hydrogen) atoms.